The van der Waals surface area contributed by atoms with Crippen LogP contribution in [0.4, 0.5) is 0 Å². The minimum absolute atomic E-state index is 0.107. The first-order valence-electron chi connectivity index (χ1n) is 37.0. The van der Waals surface area contributed by atoms with Crippen molar-refractivity contribution in [2.45, 2.75) is 381 Å². The predicted molar refractivity (Wildman–Crippen MR) is 363 cm³/mol. The zero-order chi connectivity index (χ0) is 66.5. The molecule has 3 N–H and O–H groups in total. The van der Waals surface area contributed by atoms with Gasteiger partial charge in [0.25, 0.3) is 0 Å². The summed E-state index contributed by atoms with van der Waals surface area (Å²) in [6.45, 7) is 9.53. The van der Waals surface area contributed by atoms with Gasteiger partial charge in [0, 0.05) is 25.7 Å². The zero-order valence-corrected chi connectivity index (χ0v) is 60.2. The van der Waals surface area contributed by atoms with Crippen LogP contribution in [0.5, 0.6) is 0 Å². The SMILES string of the molecule is CCCCCCCCCCCCCCC(=O)OC[C@H](COP(=O)(O)OC[C@@H](O)COP(=O)(O)OC[C@@H](COC(=O)CCCCCCCCCCC(C)C)OC(=O)CCCCCCCCCCCCCC)OC(=O)CCCCCCCCCCCCCCC(C)C. The van der Waals surface area contributed by atoms with E-state index >= 15 is 0 Å². The van der Waals surface area contributed by atoms with Crippen molar-refractivity contribution in [2.24, 2.45) is 11.8 Å². The molecule has 0 aliphatic heterocycles. The average molecular weight is 1330 g/mol. The number of aliphatic hydroxyl groups excluding tert-OH is 1. The minimum Gasteiger partial charge on any atom is -0.462 e. The third kappa shape index (κ3) is 64.8. The molecule has 0 bridgehead atoms. The first-order valence-corrected chi connectivity index (χ1v) is 40.0. The lowest BCUT2D eigenvalue weighted by Crippen LogP contribution is -2.30. The molecular weight excluding hydrogens is 1190 g/mol. The minimum atomic E-state index is -4.95. The molecule has 0 aromatic rings. The second-order valence-corrected chi connectivity index (χ2v) is 29.5. The van der Waals surface area contributed by atoms with Crippen LogP contribution in [-0.4, -0.2) is 96.7 Å². The van der Waals surface area contributed by atoms with Crippen LogP contribution in [-0.2, 0) is 65.4 Å². The summed E-state index contributed by atoms with van der Waals surface area (Å²) in [6, 6.07) is 0. The third-order valence-electron chi connectivity index (χ3n) is 16.5. The summed E-state index contributed by atoms with van der Waals surface area (Å²) in [5.41, 5.74) is 0. The maximum absolute atomic E-state index is 13.0. The van der Waals surface area contributed by atoms with Gasteiger partial charge < -0.3 is 33.8 Å². The molecule has 0 fully saturated rings. The monoisotopic (exact) mass is 1320 g/mol. The maximum Gasteiger partial charge on any atom is 0.472 e. The molecule has 0 aliphatic carbocycles. The molecule has 0 heterocycles. The zero-order valence-electron chi connectivity index (χ0n) is 58.4. The molecule has 19 heteroatoms. The van der Waals surface area contributed by atoms with Gasteiger partial charge in [-0.1, -0.05) is 311 Å². The van der Waals surface area contributed by atoms with Crippen LogP contribution < -0.4 is 0 Å². The standard InChI is InChI=1S/C71H138O17P2/c1-7-9-11-13-15-17-19-24-28-35-41-47-53-68(73)81-59-66(87-71(76)56-50-44-38-30-26-22-21-23-27-33-39-45-51-63(3)4)61-85-89(77,78)83-57-65(72)58-84-90(79,80)86-62-67(60-82-69(74)54-48-42-36-32-31-34-40-46-52-64(5)6)88-70(75)55-49-43-37-29-25-20-18-16-14-12-10-8-2/h63-67,72H,7-62H2,1-6H3,(H,77,78)(H,79,80)/t65-,66-,67-/m1/s1. The topological polar surface area (TPSA) is 237 Å². The van der Waals surface area contributed by atoms with E-state index in [1.807, 2.05) is 0 Å². The third-order valence-corrected chi connectivity index (χ3v) is 18.4. The van der Waals surface area contributed by atoms with E-state index < -0.39 is 97.5 Å². The lowest BCUT2D eigenvalue weighted by atomic mass is 10.0. The Hall–Kier alpha value is -1.94. The number of hydrogen-bond donors (Lipinski definition) is 3. The molecule has 5 atom stereocenters. The Balaban J connectivity index is 5.25. The van der Waals surface area contributed by atoms with Crippen LogP contribution in [0.15, 0.2) is 0 Å². The highest BCUT2D eigenvalue weighted by Crippen LogP contribution is 2.45. The van der Waals surface area contributed by atoms with Gasteiger partial charge in [-0.3, -0.25) is 37.3 Å². The van der Waals surface area contributed by atoms with E-state index in [1.165, 1.54) is 180 Å². The van der Waals surface area contributed by atoms with Crippen molar-refractivity contribution >= 4 is 39.5 Å². The van der Waals surface area contributed by atoms with Crippen LogP contribution in [0.3, 0.4) is 0 Å². The summed E-state index contributed by atoms with van der Waals surface area (Å²) in [6.07, 6.45) is 48.4. The molecule has 0 spiro atoms. The molecule has 0 saturated carbocycles. The van der Waals surface area contributed by atoms with Gasteiger partial charge >= 0.3 is 39.5 Å². The highest BCUT2D eigenvalue weighted by molar-refractivity contribution is 7.47. The number of esters is 4. The van der Waals surface area contributed by atoms with Gasteiger partial charge in [0.05, 0.1) is 26.4 Å². The molecule has 0 aromatic heterocycles. The highest BCUT2D eigenvalue weighted by atomic mass is 31.2. The molecule has 0 rings (SSSR count). The van der Waals surface area contributed by atoms with Crippen molar-refractivity contribution in [2.75, 3.05) is 39.6 Å². The van der Waals surface area contributed by atoms with Gasteiger partial charge in [-0.25, -0.2) is 9.13 Å². The fourth-order valence-electron chi connectivity index (χ4n) is 10.8. The fraction of sp³-hybridized carbons (Fsp3) is 0.944. The predicted octanol–water partition coefficient (Wildman–Crippen LogP) is 20.4. The smallest absolute Gasteiger partial charge is 0.462 e. The molecular formula is C71H138O17P2. The van der Waals surface area contributed by atoms with Crippen LogP contribution in [0.2, 0.25) is 0 Å². The molecule has 90 heavy (non-hydrogen) atoms. The van der Waals surface area contributed by atoms with Crippen LogP contribution in [0, 0.1) is 11.8 Å². The molecule has 0 amide bonds. The summed E-state index contributed by atoms with van der Waals surface area (Å²) in [7, 11) is -9.90. The van der Waals surface area contributed by atoms with Gasteiger partial charge in [-0.2, -0.15) is 0 Å². The fourth-order valence-corrected chi connectivity index (χ4v) is 12.3. The Morgan fingerprint density at radius 3 is 0.756 bits per heavy atom. The second-order valence-electron chi connectivity index (χ2n) is 26.6. The number of aliphatic hydroxyl groups is 1. The average Bonchev–Trinajstić information content (AvgIpc) is 2.96. The normalized spacial score (nSPS) is 14.1. The number of carbonyl (C=O) groups is 4. The molecule has 534 valence electrons. The van der Waals surface area contributed by atoms with Crippen molar-refractivity contribution in [3.05, 3.63) is 0 Å². The molecule has 0 radical (unpaired) electrons. The van der Waals surface area contributed by atoms with Gasteiger partial charge in [0.2, 0.25) is 0 Å². The summed E-state index contributed by atoms with van der Waals surface area (Å²) in [4.78, 5) is 72.6. The second kappa shape index (κ2) is 63.1. The molecule has 0 aromatic carbocycles. The Bertz CT molecular complexity index is 1750. The van der Waals surface area contributed by atoms with Gasteiger partial charge in [0.1, 0.15) is 19.3 Å². The Morgan fingerprint density at radius 1 is 0.300 bits per heavy atom. The Morgan fingerprint density at radius 2 is 0.511 bits per heavy atom. The molecule has 0 aliphatic rings. The van der Waals surface area contributed by atoms with E-state index in [-0.39, 0.29) is 25.7 Å². The summed E-state index contributed by atoms with van der Waals surface area (Å²) < 4.78 is 68.3. The van der Waals surface area contributed by atoms with Crippen molar-refractivity contribution in [1.29, 1.82) is 0 Å². The number of phosphoric ester groups is 2. The van der Waals surface area contributed by atoms with Crippen LogP contribution in [0.1, 0.15) is 363 Å². The lowest BCUT2D eigenvalue weighted by Gasteiger charge is -2.21. The number of carbonyl (C=O) groups excluding carboxylic acids is 4. The quantitative estimate of drug-likeness (QED) is 0.0222. The van der Waals surface area contributed by atoms with Crippen molar-refractivity contribution in [3.63, 3.8) is 0 Å². The number of rotatable bonds is 70. The van der Waals surface area contributed by atoms with Crippen molar-refractivity contribution < 1.29 is 80.2 Å². The maximum atomic E-state index is 13.0. The highest BCUT2D eigenvalue weighted by Gasteiger charge is 2.30. The van der Waals surface area contributed by atoms with Crippen molar-refractivity contribution in [1.82, 2.24) is 0 Å². The van der Waals surface area contributed by atoms with E-state index in [1.54, 1.807) is 0 Å². The summed E-state index contributed by atoms with van der Waals surface area (Å²) in [5, 5.41) is 10.6. The van der Waals surface area contributed by atoms with Crippen molar-refractivity contribution in [3.8, 4) is 0 Å². The molecule has 2 unspecified atom stereocenters. The number of ether oxygens (including phenoxy) is 4. The first kappa shape index (κ1) is 88.1. The van der Waals surface area contributed by atoms with E-state index in [4.69, 9.17) is 37.0 Å². The van der Waals surface area contributed by atoms with Gasteiger partial charge in [-0.15, -0.1) is 0 Å². The molecule has 0 saturated heterocycles. The Labute approximate surface area is 549 Å². The lowest BCUT2D eigenvalue weighted by molar-refractivity contribution is -0.161. The molecule has 17 nitrogen and oxygen atoms in total. The summed E-state index contributed by atoms with van der Waals surface area (Å²) >= 11 is 0. The van der Waals surface area contributed by atoms with E-state index in [0.717, 1.165) is 102 Å². The van der Waals surface area contributed by atoms with Crippen LogP contribution >= 0.6 is 15.6 Å². The largest absolute Gasteiger partial charge is 0.472 e. The first-order chi connectivity index (χ1) is 43.4. The van der Waals surface area contributed by atoms with E-state index in [0.29, 0.717) is 25.7 Å². The Kier molecular flexibility index (Phi) is 61.8. The summed E-state index contributed by atoms with van der Waals surface area (Å²) in [5.74, 6) is -0.618. The van der Waals surface area contributed by atoms with E-state index in [9.17, 15) is 43.2 Å². The van der Waals surface area contributed by atoms with Crippen LogP contribution in [0.25, 0.3) is 0 Å². The number of unbranched alkanes of at least 4 members (excludes halogenated alkanes) is 40. The number of phosphoric acid groups is 2. The van der Waals surface area contributed by atoms with Gasteiger partial charge in [-0.05, 0) is 37.5 Å². The van der Waals surface area contributed by atoms with E-state index in [2.05, 4.69) is 41.5 Å². The van der Waals surface area contributed by atoms with Gasteiger partial charge in [0.15, 0.2) is 12.2 Å². The number of hydrogen-bond acceptors (Lipinski definition) is 15.